The average Bonchev–Trinajstić information content (AvgIpc) is 2.46. The molecule has 0 amide bonds. The highest BCUT2D eigenvalue weighted by atomic mass is 19.4. The van der Waals surface area contributed by atoms with Gasteiger partial charge in [0.2, 0.25) is 0 Å². The van der Waals surface area contributed by atoms with Crippen LogP contribution in [0.4, 0.5) is 18.9 Å². The first-order valence-electron chi connectivity index (χ1n) is 7.16. The standard InChI is InChI=1S/C15H21F3N2O/c1-10(21)12-4-6-20(7-5-12)14-3-2-11(9-19)8-13(14)15(16,17)18/h2-3,8,10,12,21H,4-7,9,19H2,1H3. The van der Waals surface area contributed by atoms with Crippen molar-refractivity contribution in [3.05, 3.63) is 29.3 Å². The molecule has 3 N–H and O–H groups in total. The van der Waals surface area contributed by atoms with Crippen LogP contribution in [0.1, 0.15) is 30.9 Å². The number of hydrogen-bond acceptors (Lipinski definition) is 3. The lowest BCUT2D eigenvalue weighted by Crippen LogP contribution is -2.38. The third-order valence-electron chi connectivity index (χ3n) is 4.16. The van der Waals surface area contributed by atoms with Gasteiger partial charge in [0.1, 0.15) is 0 Å². The number of piperidine rings is 1. The van der Waals surface area contributed by atoms with Crippen LogP contribution in [0, 0.1) is 5.92 Å². The van der Waals surface area contributed by atoms with Crippen LogP contribution in [-0.2, 0) is 12.7 Å². The van der Waals surface area contributed by atoms with Crippen LogP contribution >= 0.6 is 0 Å². The molecule has 6 heteroatoms. The Labute approximate surface area is 122 Å². The number of halogens is 3. The Morgan fingerprint density at radius 2 is 1.95 bits per heavy atom. The van der Waals surface area contributed by atoms with Crippen LogP contribution in [-0.4, -0.2) is 24.3 Å². The highest BCUT2D eigenvalue weighted by Gasteiger charge is 2.36. The first-order chi connectivity index (χ1) is 9.82. The van der Waals surface area contributed by atoms with E-state index in [1.165, 1.54) is 6.07 Å². The number of alkyl halides is 3. The number of anilines is 1. The molecule has 0 saturated carbocycles. The highest BCUT2D eigenvalue weighted by Crippen LogP contribution is 2.38. The second-order valence-electron chi connectivity index (χ2n) is 5.62. The van der Waals surface area contributed by atoms with E-state index < -0.39 is 17.8 Å². The molecule has 1 unspecified atom stereocenters. The Hall–Kier alpha value is -1.27. The molecule has 0 aromatic heterocycles. The quantitative estimate of drug-likeness (QED) is 0.902. The summed E-state index contributed by atoms with van der Waals surface area (Å²) < 4.78 is 39.7. The van der Waals surface area contributed by atoms with Crippen LogP contribution in [0.3, 0.4) is 0 Å². The summed E-state index contributed by atoms with van der Waals surface area (Å²) in [5, 5.41) is 9.57. The van der Waals surface area contributed by atoms with Crippen molar-refractivity contribution >= 4 is 5.69 Å². The van der Waals surface area contributed by atoms with Gasteiger partial charge in [0.05, 0.1) is 11.7 Å². The molecule has 1 aromatic rings. The molecular weight excluding hydrogens is 281 g/mol. The third-order valence-corrected chi connectivity index (χ3v) is 4.16. The number of benzene rings is 1. The molecule has 1 fully saturated rings. The summed E-state index contributed by atoms with van der Waals surface area (Å²) in [5.74, 6) is 0.166. The molecule has 118 valence electrons. The minimum atomic E-state index is -4.39. The lowest BCUT2D eigenvalue weighted by Gasteiger charge is -2.36. The van der Waals surface area contributed by atoms with Crippen LogP contribution in [0.5, 0.6) is 0 Å². The molecule has 1 atom stereocenters. The largest absolute Gasteiger partial charge is 0.418 e. The van der Waals surface area contributed by atoms with Crippen molar-refractivity contribution in [1.82, 2.24) is 0 Å². The van der Waals surface area contributed by atoms with Crippen molar-refractivity contribution in [2.75, 3.05) is 18.0 Å². The van der Waals surface area contributed by atoms with Crippen LogP contribution in [0.25, 0.3) is 0 Å². The van der Waals surface area contributed by atoms with Crippen molar-refractivity contribution in [2.24, 2.45) is 11.7 Å². The van der Waals surface area contributed by atoms with E-state index in [0.29, 0.717) is 31.5 Å². The molecule has 0 aliphatic carbocycles. The normalized spacial score (nSPS) is 18.9. The van der Waals surface area contributed by atoms with Crippen molar-refractivity contribution < 1.29 is 18.3 Å². The smallest absolute Gasteiger partial charge is 0.393 e. The Bertz CT molecular complexity index is 480. The Balaban J connectivity index is 2.24. The summed E-state index contributed by atoms with van der Waals surface area (Å²) in [6.45, 7) is 2.88. The summed E-state index contributed by atoms with van der Waals surface area (Å²) in [6, 6.07) is 4.29. The topological polar surface area (TPSA) is 49.5 Å². The van der Waals surface area contributed by atoms with E-state index in [-0.39, 0.29) is 18.2 Å². The number of nitrogens with zero attached hydrogens (tertiary/aromatic N) is 1. The van der Waals surface area contributed by atoms with E-state index in [1.54, 1.807) is 17.9 Å². The van der Waals surface area contributed by atoms with Gasteiger partial charge >= 0.3 is 6.18 Å². The molecular formula is C15H21F3N2O. The number of aliphatic hydroxyl groups excluding tert-OH is 1. The van der Waals surface area contributed by atoms with Gasteiger partial charge in [-0.05, 0) is 43.4 Å². The zero-order chi connectivity index (χ0) is 15.6. The van der Waals surface area contributed by atoms with Crippen molar-refractivity contribution in [2.45, 2.75) is 38.6 Å². The summed E-state index contributed by atoms with van der Waals surface area (Å²) in [7, 11) is 0. The lowest BCUT2D eigenvalue weighted by molar-refractivity contribution is -0.137. The maximum atomic E-state index is 13.2. The molecule has 1 heterocycles. The van der Waals surface area contributed by atoms with Crippen molar-refractivity contribution in [3.8, 4) is 0 Å². The predicted octanol–water partition coefficient (Wildman–Crippen LogP) is 2.76. The van der Waals surface area contributed by atoms with Crippen molar-refractivity contribution in [3.63, 3.8) is 0 Å². The molecule has 0 radical (unpaired) electrons. The zero-order valence-electron chi connectivity index (χ0n) is 12.0. The molecule has 1 aliphatic rings. The second kappa shape index (κ2) is 6.23. The Morgan fingerprint density at radius 3 is 2.43 bits per heavy atom. The molecule has 2 rings (SSSR count). The Morgan fingerprint density at radius 1 is 1.33 bits per heavy atom. The average molecular weight is 302 g/mol. The molecule has 0 spiro atoms. The van der Waals surface area contributed by atoms with E-state index in [0.717, 1.165) is 6.07 Å². The Kier molecular flexibility index (Phi) is 4.78. The first kappa shape index (κ1) is 16.1. The van der Waals surface area contributed by atoms with Crippen molar-refractivity contribution in [1.29, 1.82) is 0 Å². The highest BCUT2D eigenvalue weighted by molar-refractivity contribution is 5.56. The molecule has 1 aromatic carbocycles. The number of rotatable bonds is 3. The van der Waals surface area contributed by atoms with E-state index in [9.17, 15) is 18.3 Å². The summed E-state index contributed by atoms with van der Waals surface area (Å²) in [5.41, 5.74) is 5.50. The van der Waals surface area contributed by atoms with E-state index in [4.69, 9.17) is 5.73 Å². The fourth-order valence-electron chi connectivity index (χ4n) is 2.84. The lowest BCUT2D eigenvalue weighted by atomic mass is 9.91. The van der Waals surface area contributed by atoms with Gasteiger partial charge in [-0.3, -0.25) is 0 Å². The zero-order valence-corrected chi connectivity index (χ0v) is 12.0. The van der Waals surface area contributed by atoms with Crippen LogP contribution < -0.4 is 10.6 Å². The summed E-state index contributed by atoms with van der Waals surface area (Å²) >= 11 is 0. The van der Waals surface area contributed by atoms with E-state index in [1.807, 2.05) is 0 Å². The van der Waals surface area contributed by atoms with Gasteiger partial charge in [-0.15, -0.1) is 0 Å². The van der Waals surface area contributed by atoms with Gasteiger partial charge in [-0.1, -0.05) is 6.07 Å². The second-order valence-corrected chi connectivity index (χ2v) is 5.62. The number of nitrogens with two attached hydrogens (primary N) is 1. The SMILES string of the molecule is CC(O)C1CCN(c2ccc(CN)cc2C(F)(F)F)CC1. The fraction of sp³-hybridized carbons (Fsp3) is 0.600. The molecule has 0 bridgehead atoms. The van der Waals surface area contributed by atoms with Crippen LogP contribution in [0.15, 0.2) is 18.2 Å². The van der Waals surface area contributed by atoms with Gasteiger partial charge < -0.3 is 15.7 Å². The van der Waals surface area contributed by atoms with Gasteiger partial charge in [-0.25, -0.2) is 0 Å². The van der Waals surface area contributed by atoms with Gasteiger partial charge in [0.15, 0.2) is 0 Å². The van der Waals surface area contributed by atoms with Gasteiger partial charge in [0, 0.05) is 25.3 Å². The maximum Gasteiger partial charge on any atom is 0.418 e. The molecule has 1 saturated heterocycles. The van der Waals surface area contributed by atoms with E-state index >= 15 is 0 Å². The summed E-state index contributed by atoms with van der Waals surface area (Å²) in [6.07, 6.45) is -3.39. The number of aliphatic hydroxyl groups is 1. The molecule has 21 heavy (non-hydrogen) atoms. The van der Waals surface area contributed by atoms with Crippen LogP contribution in [0.2, 0.25) is 0 Å². The van der Waals surface area contributed by atoms with Gasteiger partial charge in [-0.2, -0.15) is 13.2 Å². The predicted molar refractivity (Wildman–Crippen MR) is 76.0 cm³/mol. The summed E-state index contributed by atoms with van der Waals surface area (Å²) in [4.78, 5) is 1.75. The third kappa shape index (κ3) is 3.68. The minimum absolute atomic E-state index is 0.0907. The maximum absolute atomic E-state index is 13.2. The van der Waals surface area contributed by atoms with Gasteiger partial charge in [0.25, 0.3) is 0 Å². The molecule has 3 nitrogen and oxygen atoms in total. The number of hydrogen-bond donors (Lipinski definition) is 2. The minimum Gasteiger partial charge on any atom is -0.393 e. The molecule has 1 aliphatic heterocycles. The first-order valence-corrected chi connectivity index (χ1v) is 7.16. The van der Waals surface area contributed by atoms with E-state index in [2.05, 4.69) is 0 Å². The monoisotopic (exact) mass is 302 g/mol. The fourth-order valence-corrected chi connectivity index (χ4v) is 2.84.